The van der Waals surface area contributed by atoms with E-state index in [1.807, 2.05) is 0 Å². The van der Waals surface area contributed by atoms with Crippen LogP contribution < -0.4 is 0 Å². The highest BCUT2D eigenvalue weighted by Gasteiger charge is 2.33. The van der Waals surface area contributed by atoms with Gasteiger partial charge in [-0.3, -0.25) is 0 Å². The number of hydrogen-bond acceptors (Lipinski definition) is 0. The van der Waals surface area contributed by atoms with Gasteiger partial charge in [0, 0.05) is 17.0 Å². The van der Waals surface area contributed by atoms with E-state index in [4.69, 9.17) is 0 Å². The molecule has 0 aliphatic heterocycles. The summed E-state index contributed by atoms with van der Waals surface area (Å²) in [6, 6.07) is 48.5. The molecule has 66 heavy (non-hydrogen) atoms. The van der Waals surface area contributed by atoms with Crippen LogP contribution in [0.25, 0.3) is 11.1 Å². The fourth-order valence-corrected chi connectivity index (χ4v) is 9.81. The first-order valence-electron chi connectivity index (χ1n) is 25.2. The second kappa shape index (κ2) is 19.1. The molecule has 0 radical (unpaired) electrons. The van der Waals surface area contributed by atoms with Crippen LogP contribution in [0.15, 0.2) is 121 Å². The standard InChI is InChI=1S/C66H85/c1-41(2)53-37-55(43(5)6)59(61(45-21-29-49(30-22-45)63(9,10)11)46-23-31-50(32-24-46)64(12,13)14)39-57(53)58-40-60(56(44(7)8)38-54(58)42(3)4)62(47-25-33-51(34-26-47)65(15,16)17)48-27-35-52(36-28-48)66(18,19)20/h21-44,61H,1-20H3/q+1. The van der Waals surface area contributed by atoms with Crippen LogP contribution >= 0.6 is 0 Å². The summed E-state index contributed by atoms with van der Waals surface area (Å²) in [7, 11) is 0. The van der Waals surface area contributed by atoms with Gasteiger partial charge < -0.3 is 0 Å². The summed E-state index contributed by atoms with van der Waals surface area (Å²) in [5.41, 5.74) is 22.0. The quantitative estimate of drug-likeness (QED) is 0.0899. The van der Waals surface area contributed by atoms with Crippen LogP contribution in [0.1, 0.15) is 246 Å². The molecule has 0 nitrogen and oxygen atoms in total. The van der Waals surface area contributed by atoms with Crippen molar-refractivity contribution in [2.45, 2.75) is 190 Å². The minimum absolute atomic E-state index is 0.0621. The highest BCUT2D eigenvalue weighted by Crippen LogP contribution is 2.47. The summed E-state index contributed by atoms with van der Waals surface area (Å²) in [5.74, 6) is 2.68. The first-order chi connectivity index (χ1) is 30.6. The van der Waals surface area contributed by atoms with Crippen molar-refractivity contribution in [3.63, 3.8) is 0 Å². The smallest absolute Gasteiger partial charge is 0.0587 e. The maximum absolute atomic E-state index is 2.64. The highest BCUT2D eigenvalue weighted by atomic mass is 14.3. The van der Waals surface area contributed by atoms with Crippen molar-refractivity contribution in [3.05, 3.63) is 205 Å². The van der Waals surface area contributed by atoms with Gasteiger partial charge in [-0.15, -0.1) is 0 Å². The molecule has 0 bridgehead atoms. The molecule has 0 aromatic heterocycles. The van der Waals surface area contributed by atoms with Crippen LogP contribution in [-0.4, -0.2) is 0 Å². The largest absolute Gasteiger partial charge is 0.0634 e. The molecular weight excluding hydrogens is 793 g/mol. The van der Waals surface area contributed by atoms with E-state index < -0.39 is 0 Å². The van der Waals surface area contributed by atoms with E-state index in [2.05, 4.69) is 260 Å². The highest BCUT2D eigenvalue weighted by molar-refractivity contribution is 5.78. The molecule has 0 saturated heterocycles. The van der Waals surface area contributed by atoms with Crippen LogP contribution in [-0.2, 0) is 21.7 Å². The average molecular weight is 878 g/mol. The summed E-state index contributed by atoms with van der Waals surface area (Å²) in [4.78, 5) is 0. The molecular formula is C66H85+. The third-order valence-corrected chi connectivity index (χ3v) is 14.1. The molecule has 6 aromatic rings. The van der Waals surface area contributed by atoms with E-state index >= 15 is 0 Å². The van der Waals surface area contributed by atoms with E-state index in [1.165, 1.54) is 94.9 Å². The molecule has 0 N–H and O–H groups in total. The lowest BCUT2D eigenvalue weighted by atomic mass is 9.73. The van der Waals surface area contributed by atoms with Crippen LogP contribution in [0.2, 0.25) is 0 Å². The van der Waals surface area contributed by atoms with Crippen molar-refractivity contribution in [2.75, 3.05) is 0 Å². The normalized spacial score (nSPS) is 12.9. The Morgan fingerprint density at radius 1 is 0.303 bits per heavy atom. The zero-order valence-corrected chi connectivity index (χ0v) is 44.9. The predicted molar refractivity (Wildman–Crippen MR) is 290 cm³/mol. The number of benzene rings is 6. The first-order valence-corrected chi connectivity index (χ1v) is 25.2. The molecule has 0 atom stereocenters. The van der Waals surface area contributed by atoms with Crippen molar-refractivity contribution in [1.82, 2.24) is 0 Å². The van der Waals surface area contributed by atoms with Crippen molar-refractivity contribution < 1.29 is 0 Å². The minimum atomic E-state index is 0.0621. The van der Waals surface area contributed by atoms with Crippen LogP contribution in [0.3, 0.4) is 0 Å². The van der Waals surface area contributed by atoms with Gasteiger partial charge in [-0.25, -0.2) is 0 Å². The summed E-state index contributed by atoms with van der Waals surface area (Å²) >= 11 is 0. The monoisotopic (exact) mass is 878 g/mol. The van der Waals surface area contributed by atoms with Gasteiger partial charge in [0.25, 0.3) is 0 Å². The summed E-state index contributed by atoms with van der Waals surface area (Å²) in [6.45, 7) is 46.8. The van der Waals surface area contributed by atoms with Crippen molar-refractivity contribution in [3.8, 4) is 11.1 Å². The molecule has 0 fully saturated rings. The van der Waals surface area contributed by atoms with Gasteiger partial charge in [-0.1, -0.05) is 193 Å². The fourth-order valence-electron chi connectivity index (χ4n) is 9.81. The number of rotatable bonds is 11. The average Bonchev–Trinajstić information content (AvgIpc) is 3.22. The lowest BCUT2D eigenvalue weighted by Crippen LogP contribution is -2.15. The lowest BCUT2D eigenvalue weighted by molar-refractivity contribution is 0.589. The Bertz CT molecular complexity index is 2260. The SMILES string of the molecule is CC(C)c1cc(C(C)C)c([C+](c2ccc(C(C)(C)C)cc2)c2ccc(C(C)(C)C)cc2)cc1-c1cc(C(c2ccc(C(C)(C)C)cc2)c2ccc(C(C)(C)C)cc2)c(C(C)C)cc1C(C)C. The Kier molecular flexibility index (Phi) is 14.6. The van der Waals surface area contributed by atoms with Crippen LogP contribution in [0.5, 0.6) is 0 Å². The second-order valence-corrected chi connectivity index (χ2v) is 24.9. The van der Waals surface area contributed by atoms with Gasteiger partial charge in [0.1, 0.15) is 0 Å². The molecule has 348 valence electrons. The van der Waals surface area contributed by atoms with Crippen LogP contribution in [0.4, 0.5) is 0 Å². The van der Waals surface area contributed by atoms with Crippen LogP contribution in [0, 0.1) is 5.92 Å². The van der Waals surface area contributed by atoms with Crippen molar-refractivity contribution in [2.24, 2.45) is 0 Å². The van der Waals surface area contributed by atoms with Crippen molar-refractivity contribution >= 4 is 0 Å². The van der Waals surface area contributed by atoms with Gasteiger partial charge in [0.15, 0.2) is 0 Å². The van der Waals surface area contributed by atoms with Gasteiger partial charge in [-0.2, -0.15) is 0 Å². The molecule has 0 aliphatic rings. The molecule has 0 unspecified atom stereocenters. The van der Waals surface area contributed by atoms with E-state index in [1.54, 1.807) is 0 Å². The third kappa shape index (κ3) is 11.0. The summed E-state index contributed by atoms with van der Waals surface area (Å²) in [5, 5.41) is 0. The van der Waals surface area contributed by atoms with Gasteiger partial charge in [0.2, 0.25) is 0 Å². The topological polar surface area (TPSA) is 0 Å². The second-order valence-electron chi connectivity index (χ2n) is 24.9. The lowest BCUT2D eigenvalue weighted by Gasteiger charge is -2.29. The Morgan fingerprint density at radius 3 is 0.894 bits per heavy atom. The van der Waals surface area contributed by atoms with E-state index in [-0.39, 0.29) is 27.6 Å². The Balaban J connectivity index is 1.72. The molecule has 0 heterocycles. The molecule has 0 saturated carbocycles. The Labute approximate surface area is 404 Å². The Morgan fingerprint density at radius 2 is 0.591 bits per heavy atom. The Hall–Kier alpha value is -4.81. The van der Waals surface area contributed by atoms with Gasteiger partial charge in [0.05, 0.1) is 22.6 Å². The summed E-state index contributed by atoms with van der Waals surface area (Å²) < 4.78 is 0. The zero-order valence-electron chi connectivity index (χ0n) is 44.9. The molecule has 6 aromatic carbocycles. The summed E-state index contributed by atoms with van der Waals surface area (Å²) in [6.07, 6.45) is 0. The minimum Gasteiger partial charge on any atom is -0.0587 e. The van der Waals surface area contributed by atoms with Gasteiger partial charge in [-0.05, 0) is 173 Å². The first kappa shape index (κ1) is 50.6. The zero-order chi connectivity index (χ0) is 48.8. The molecule has 0 aliphatic carbocycles. The van der Waals surface area contributed by atoms with Crippen molar-refractivity contribution in [1.29, 1.82) is 0 Å². The van der Waals surface area contributed by atoms with Gasteiger partial charge >= 0.3 is 0 Å². The maximum atomic E-state index is 2.64. The number of hydrogen-bond donors (Lipinski definition) is 0. The molecule has 6 rings (SSSR count). The van der Waals surface area contributed by atoms with E-state index in [9.17, 15) is 0 Å². The molecule has 0 spiro atoms. The molecule has 0 amide bonds. The fraction of sp³-hybridized carbons (Fsp3) is 0.439. The predicted octanol–water partition coefficient (Wildman–Crippen LogP) is 19.2. The third-order valence-electron chi connectivity index (χ3n) is 14.1. The van der Waals surface area contributed by atoms with E-state index in [0.717, 1.165) is 0 Å². The van der Waals surface area contributed by atoms with E-state index in [0.29, 0.717) is 23.7 Å². The maximum Gasteiger partial charge on any atom is 0.0634 e. The molecule has 0 heteroatoms.